The largest absolute Gasteiger partial charge is 0.481 e. The van der Waals surface area contributed by atoms with Crippen LogP contribution in [-0.2, 0) is 4.79 Å². The van der Waals surface area contributed by atoms with Crippen molar-refractivity contribution in [2.45, 2.75) is 18.9 Å². The van der Waals surface area contributed by atoms with Crippen molar-refractivity contribution in [2.24, 2.45) is 5.92 Å². The predicted molar refractivity (Wildman–Crippen MR) is 69.4 cm³/mol. The van der Waals surface area contributed by atoms with Crippen molar-refractivity contribution in [3.05, 3.63) is 36.0 Å². The van der Waals surface area contributed by atoms with Crippen LogP contribution in [0.3, 0.4) is 0 Å². The summed E-state index contributed by atoms with van der Waals surface area (Å²) in [5.41, 5.74) is 2.39. The van der Waals surface area contributed by atoms with Crippen LogP contribution >= 0.6 is 0 Å². The van der Waals surface area contributed by atoms with Crippen LogP contribution < -0.4 is 5.32 Å². The molecule has 1 aliphatic rings. The number of carbonyl (C=O) groups is 1. The molecule has 94 valence electrons. The van der Waals surface area contributed by atoms with Crippen LogP contribution in [0.1, 0.15) is 24.4 Å². The van der Waals surface area contributed by atoms with E-state index in [2.05, 4.69) is 34.6 Å². The van der Waals surface area contributed by atoms with Gasteiger partial charge >= 0.3 is 5.97 Å². The Morgan fingerprint density at radius 1 is 1.28 bits per heavy atom. The molecule has 4 heteroatoms. The van der Waals surface area contributed by atoms with E-state index in [9.17, 15) is 4.79 Å². The molecule has 0 amide bonds. The van der Waals surface area contributed by atoms with Gasteiger partial charge in [0.05, 0.1) is 11.4 Å². The van der Waals surface area contributed by atoms with Crippen molar-refractivity contribution in [1.82, 2.24) is 10.3 Å². The van der Waals surface area contributed by atoms with Gasteiger partial charge < -0.3 is 15.4 Å². The lowest BCUT2D eigenvalue weighted by molar-refractivity contribution is -0.142. The standard InChI is InChI=1S/C14H16N2O2/c17-14(18)10-4-5-12(16-8-10)11-3-1-2-9-6-7-15-13(9)11/h1-3,6-7,10,12,15-16H,4-5,8H2,(H,17,18). The molecule has 1 fully saturated rings. The van der Waals surface area contributed by atoms with E-state index in [1.807, 2.05) is 6.20 Å². The number of fused-ring (bicyclic) bond motifs is 1. The molecule has 2 unspecified atom stereocenters. The first-order chi connectivity index (χ1) is 8.75. The number of aromatic nitrogens is 1. The van der Waals surface area contributed by atoms with E-state index in [4.69, 9.17) is 5.11 Å². The van der Waals surface area contributed by atoms with Crippen molar-refractivity contribution < 1.29 is 9.90 Å². The number of carboxylic acid groups (broad SMARTS) is 1. The van der Waals surface area contributed by atoms with Crippen molar-refractivity contribution in [2.75, 3.05) is 6.54 Å². The molecular formula is C14H16N2O2. The molecule has 1 aromatic heterocycles. The summed E-state index contributed by atoms with van der Waals surface area (Å²) in [5, 5.41) is 13.5. The first-order valence-corrected chi connectivity index (χ1v) is 6.28. The number of benzene rings is 1. The lowest BCUT2D eigenvalue weighted by atomic mass is 9.90. The molecule has 2 heterocycles. The molecule has 0 aliphatic carbocycles. The maximum atomic E-state index is 10.9. The van der Waals surface area contributed by atoms with E-state index in [0.717, 1.165) is 18.4 Å². The minimum absolute atomic E-state index is 0.246. The number of H-pyrrole nitrogens is 1. The Bertz CT molecular complexity index is 568. The van der Waals surface area contributed by atoms with Gasteiger partial charge in [-0.05, 0) is 29.9 Å². The van der Waals surface area contributed by atoms with Crippen LogP contribution in [0.15, 0.2) is 30.5 Å². The van der Waals surface area contributed by atoms with Gasteiger partial charge in [-0.2, -0.15) is 0 Å². The Labute approximate surface area is 105 Å². The van der Waals surface area contributed by atoms with Gasteiger partial charge in [-0.25, -0.2) is 0 Å². The zero-order valence-electron chi connectivity index (χ0n) is 10.0. The fourth-order valence-corrected chi connectivity index (χ4v) is 2.73. The van der Waals surface area contributed by atoms with Crippen molar-refractivity contribution >= 4 is 16.9 Å². The lowest BCUT2D eigenvalue weighted by Gasteiger charge is -2.28. The number of piperidine rings is 1. The van der Waals surface area contributed by atoms with E-state index in [1.54, 1.807) is 0 Å². The monoisotopic (exact) mass is 244 g/mol. The Morgan fingerprint density at radius 3 is 2.89 bits per heavy atom. The molecule has 3 rings (SSSR count). The maximum absolute atomic E-state index is 10.9. The molecule has 1 saturated heterocycles. The van der Waals surface area contributed by atoms with E-state index in [-0.39, 0.29) is 12.0 Å². The third-order valence-electron chi connectivity index (χ3n) is 3.76. The number of hydrogen-bond acceptors (Lipinski definition) is 2. The molecular weight excluding hydrogens is 228 g/mol. The number of hydrogen-bond donors (Lipinski definition) is 3. The third-order valence-corrected chi connectivity index (χ3v) is 3.76. The van der Waals surface area contributed by atoms with Gasteiger partial charge in [-0.1, -0.05) is 18.2 Å². The first-order valence-electron chi connectivity index (χ1n) is 6.28. The Kier molecular flexibility index (Phi) is 2.80. The molecule has 18 heavy (non-hydrogen) atoms. The third kappa shape index (κ3) is 1.88. The topological polar surface area (TPSA) is 65.1 Å². The summed E-state index contributed by atoms with van der Waals surface area (Å²) in [7, 11) is 0. The zero-order chi connectivity index (χ0) is 12.5. The van der Waals surface area contributed by atoms with Crippen LogP contribution in [0, 0.1) is 5.92 Å². The summed E-state index contributed by atoms with van der Waals surface area (Å²) in [4.78, 5) is 14.2. The number of para-hydroxylation sites is 1. The summed E-state index contributed by atoms with van der Waals surface area (Å²) in [6.07, 6.45) is 3.55. The normalized spacial score (nSPS) is 24.2. The van der Waals surface area contributed by atoms with Gasteiger partial charge in [0.25, 0.3) is 0 Å². The summed E-state index contributed by atoms with van der Waals surface area (Å²) >= 11 is 0. The number of carboxylic acids is 1. The Hall–Kier alpha value is -1.81. The van der Waals surface area contributed by atoms with Crippen molar-refractivity contribution in [1.29, 1.82) is 0 Å². The van der Waals surface area contributed by atoms with Crippen LogP contribution in [0.5, 0.6) is 0 Å². The van der Waals surface area contributed by atoms with Crippen LogP contribution in [-0.4, -0.2) is 22.6 Å². The first kappa shape index (κ1) is 11.3. The Morgan fingerprint density at radius 2 is 2.17 bits per heavy atom. The van der Waals surface area contributed by atoms with Gasteiger partial charge in [0.2, 0.25) is 0 Å². The fraction of sp³-hybridized carbons (Fsp3) is 0.357. The molecule has 0 bridgehead atoms. The molecule has 0 saturated carbocycles. The highest BCUT2D eigenvalue weighted by Crippen LogP contribution is 2.30. The second kappa shape index (κ2) is 4.46. The zero-order valence-corrected chi connectivity index (χ0v) is 10.0. The minimum Gasteiger partial charge on any atom is -0.481 e. The number of rotatable bonds is 2. The number of aromatic amines is 1. The smallest absolute Gasteiger partial charge is 0.307 e. The SMILES string of the molecule is O=C(O)C1CCC(c2cccc3cc[nH]c23)NC1. The quantitative estimate of drug-likeness (QED) is 0.759. The number of nitrogens with one attached hydrogen (secondary N) is 2. The van der Waals surface area contributed by atoms with Crippen molar-refractivity contribution in [3.8, 4) is 0 Å². The molecule has 3 N–H and O–H groups in total. The van der Waals surface area contributed by atoms with Gasteiger partial charge in [0.1, 0.15) is 0 Å². The average Bonchev–Trinajstić information content (AvgIpc) is 2.87. The summed E-state index contributed by atoms with van der Waals surface area (Å²) in [5.74, 6) is -0.942. The van der Waals surface area contributed by atoms with Crippen LogP contribution in [0.4, 0.5) is 0 Å². The van der Waals surface area contributed by atoms with Gasteiger partial charge in [0, 0.05) is 18.8 Å². The fourth-order valence-electron chi connectivity index (χ4n) is 2.73. The van der Waals surface area contributed by atoms with Gasteiger partial charge in [-0.15, -0.1) is 0 Å². The van der Waals surface area contributed by atoms with Crippen LogP contribution in [0.25, 0.3) is 10.9 Å². The minimum atomic E-state index is -0.695. The summed E-state index contributed by atoms with van der Waals surface area (Å²) < 4.78 is 0. The summed E-state index contributed by atoms with van der Waals surface area (Å²) in [6, 6.07) is 8.55. The molecule has 1 aliphatic heterocycles. The molecule has 0 radical (unpaired) electrons. The molecule has 4 nitrogen and oxygen atoms in total. The average molecular weight is 244 g/mol. The highest BCUT2D eigenvalue weighted by Gasteiger charge is 2.27. The van der Waals surface area contributed by atoms with Crippen LogP contribution in [0.2, 0.25) is 0 Å². The summed E-state index contributed by atoms with van der Waals surface area (Å²) in [6.45, 7) is 0.553. The van der Waals surface area contributed by atoms with E-state index in [0.29, 0.717) is 6.54 Å². The van der Waals surface area contributed by atoms with E-state index >= 15 is 0 Å². The van der Waals surface area contributed by atoms with Gasteiger partial charge in [0.15, 0.2) is 0 Å². The molecule has 2 aromatic rings. The molecule has 1 aromatic carbocycles. The second-order valence-electron chi connectivity index (χ2n) is 4.86. The maximum Gasteiger partial charge on any atom is 0.307 e. The lowest BCUT2D eigenvalue weighted by Crippen LogP contribution is -2.36. The molecule has 0 spiro atoms. The van der Waals surface area contributed by atoms with E-state index in [1.165, 1.54) is 10.9 Å². The molecule has 2 atom stereocenters. The highest BCUT2D eigenvalue weighted by atomic mass is 16.4. The highest BCUT2D eigenvalue weighted by molar-refractivity contribution is 5.83. The Balaban J connectivity index is 1.84. The number of aliphatic carboxylic acids is 1. The van der Waals surface area contributed by atoms with Gasteiger partial charge in [-0.3, -0.25) is 4.79 Å². The second-order valence-corrected chi connectivity index (χ2v) is 4.86. The predicted octanol–water partition coefficient (Wildman–Crippen LogP) is 2.29. The van der Waals surface area contributed by atoms with E-state index < -0.39 is 5.97 Å². The van der Waals surface area contributed by atoms with Crippen molar-refractivity contribution in [3.63, 3.8) is 0 Å².